The van der Waals surface area contributed by atoms with Crippen molar-refractivity contribution in [2.45, 2.75) is 45.6 Å². The number of unbranched alkanes of at least 4 members (excludes halogenated alkanes) is 1. The van der Waals surface area contributed by atoms with E-state index in [0.717, 1.165) is 13.0 Å². The van der Waals surface area contributed by atoms with E-state index in [2.05, 4.69) is 59.9 Å². The molecule has 0 aliphatic rings. The third-order valence-electron chi connectivity index (χ3n) is 3.13. The average molecular weight is 310 g/mol. The van der Waals surface area contributed by atoms with Gasteiger partial charge < -0.3 is 5.32 Å². The van der Waals surface area contributed by atoms with Crippen LogP contribution >= 0.6 is 15.9 Å². The average Bonchev–Trinajstić information content (AvgIpc) is 2.37. The Bertz CT molecular complexity index is 373. The van der Waals surface area contributed by atoms with Crippen LogP contribution in [0.5, 0.6) is 0 Å². The first-order valence-corrected chi connectivity index (χ1v) is 7.58. The minimum Gasteiger partial charge on any atom is -0.310 e. The zero-order chi connectivity index (χ0) is 13.4. The molecule has 0 radical (unpaired) electrons. The molecule has 2 heteroatoms. The molecule has 1 N–H and O–H groups in total. The van der Waals surface area contributed by atoms with Gasteiger partial charge in [0.1, 0.15) is 0 Å². The highest BCUT2D eigenvalue weighted by Crippen LogP contribution is 2.24. The topological polar surface area (TPSA) is 12.0 Å². The van der Waals surface area contributed by atoms with Crippen molar-refractivity contribution >= 4 is 15.9 Å². The summed E-state index contributed by atoms with van der Waals surface area (Å²) in [6.07, 6.45) is 6.64. The summed E-state index contributed by atoms with van der Waals surface area (Å²) in [5.74, 6) is 0. The number of nitrogens with one attached hydrogen (secondary N) is 1. The highest BCUT2D eigenvalue weighted by molar-refractivity contribution is 9.10. The second-order valence-electron chi connectivity index (χ2n) is 4.73. The highest BCUT2D eigenvalue weighted by atomic mass is 79.9. The van der Waals surface area contributed by atoms with Gasteiger partial charge in [0.25, 0.3) is 0 Å². The maximum atomic E-state index is 3.79. The van der Waals surface area contributed by atoms with Gasteiger partial charge >= 0.3 is 0 Å². The van der Waals surface area contributed by atoms with Gasteiger partial charge in [0, 0.05) is 10.5 Å². The van der Waals surface area contributed by atoms with Crippen molar-refractivity contribution in [1.29, 1.82) is 0 Å². The molecule has 0 aliphatic carbocycles. The van der Waals surface area contributed by atoms with Crippen LogP contribution in [0, 0.1) is 6.92 Å². The van der Waals surface area contributed by atoms with E-state index in [4.69, 9.17) is 0 Å². The Labute approximate surface area is 120 Å². The molecule has 0 saturated heterocycles. The molecule has 1 aromatic carbocycles. The second-order valence-corrected chi connectivity index (χ2v) is 5.59. The van der Waals surface area contributed by atoms with Crippen molar-refractivity contribution < 1.29 is 0 Å². The van der Waals surface area contributed by atoms with E-state index in [0.29, 0.717) is 6.04 Å². The summed E-state index contributed by atoms with van der Waals surface area (Å²) in [5.41, 5.74) is 2.70. The van der Waals surface area contributed by atoms with E-state index in [-0.39, 0.29) is 0 Å². The summed E-state index contributed by atoms with van der Waals surface area (Å²) in [5, 5.41) is 3.64. The van der Waals surface area contributed by atoms with Gasteiger partial charge in [-0.05, 0) is 56.3 Å². The Morgan fingerprint density at radius 3 is 2.83 bits per heavy atom. The molecule has 0 aromatic heterocycles. The van der Waals surface area contributed by atoms with Crippen molar-refractivity contribution in [3.05, 3.63) is 46.5 Å². The molecule has 0 heterocycles. The first kappa shape index (κ1) is 15.5. The van der Waals surface area contributed by atoms with E-state index in [1.165, 1.54) is 34.9 Å². The molecule has 0 fully saturated rings. The van der Waals surface area contributed by atoms with Gasteiger partial charge in [-0.25, -0.2) is 0 Å². The molecule has 0 aliphatic heterocycles. The fraction of sp³-hybridized carbons (Fsp3) is 0.500. The lowest BCUT2D eigenvalue weighted by Gasteiger charge is -2.19. The maximum Gasteiger partial charge on any atom is 0.0320 e. The van der Waals surface area contributed by atoms with Crippen LogP contribution in [0.25, 0.3) is 0 Å². The summed E-state index contributed by atoms with van der Waals surface area (Å²) in [6, 6.07) is 7.12. The smallest absolute Gasteiger partial charge is 0.0320 e. The molecule has 18 heavy (non-hydrogen) atoms. The van der Waals surface area contributed by atoms with Crippen LogP contribution in [0.2, 0.25) is 0 Å². The lowest BCUT2D eigenvalue weighted by atomic mass is 9.99. The number of allylic oxidation sites excluding steroid dienone is 1. The molecule has 1 rings (SSSR count). The van der Waals surface area contributed by atoms with Gasteiger partial charge in [0.15, 0.2) is 0 Å². The van der Waals surface area contributed by atoms with Crippen LogP contribution in [-0.4, -0.2) is 6.54 Å². The Morgan fingerprint density at radius 2 is 2.22 bits per heavy atom. The van der Waals surface area contributed by atoms with Gasteiger partial charge in [-0.2, -0.15) is 0 Å². The Kier molecular flexibility index (Phi) is 7.29. The van der Waals surface area contributed by atoms with Crippen LogP contribution < -0.4 is 5.32 Å². The molecule has 0 amide bonds. The third kappa shape index (κ3) is 4.95. The summed E-state index contributed by atoms with van der Waals surface area (Å²) in [7, 11) is 0. The van der Waals surface area contributed by atoms with Gasteiger partial charge in [0.2, 0.25) is 0 Å². The number of hydrogen-bond donors (Lipinski definition) is 1. The van der Waals surface area contributed by atoms with E-state index >= 15 is 0 Å². The van der Waals surface area contributed by atoms with Crippen molar-refractivity contribution in [3.8, 4) is 0 Å². The molecule has 1 nitrogen and oxygen atoms in total. The summed E-state index contributed by atoms with van der Waals surface area (Å²) < 4.78 is 1.19. The summed E-state index contributed by atoms with van der Waals surface area (Å²) in [6.45, 7) is 9.22. The normalized spacial score (nSPS) is 12.4. The standard InChI is InChI=1S/C16H24BrN/c1-4-6-7-8-16(18-11-5-2)14-9-10-15(17)13(3)12-14/h4,9-10,12,16,18H,1,5-8,11H2,2-3H3. The lowest BCUT2D eigenvalue weighted by molar-refractivity contribution is 0.486. The van der Waals surface area contributed by atoms with E-state index in [9.17, 15) is 0 Å². The predicted octanol–water partition coefficient (Wildman–Crippen LogP) is 5.15. The molecular formula is C16H24BrN. The van der Waals surface area contributed by atoms with Gasteiger partial charge in [-0.1, -0.05) is 41.1 Å². The quantitative estimate of drug-likeness (QED) is 0.517. The second kappa shape index (κ2) is 8.49. The van der Waals surface area contributed by atoms with Crippen molar-refractivity contribution in [1.82, 2.24) is 5.32 Å². The number of hydrogen-bond acceptors (Lipinski definition) is 1. The van der Waals surface area contributed by atoms with Gasteiger partial charge in [-0.3, -0.25) is 0 Å². The first-order valence-electron chi connectivity index (χ1n) is 6.79. The number of aryl methyl sites for hydroxylation is 1. The van der Waals surface area contributed by atoms with Crippen LogP contribution in [0.15, 0.2) is 35.3 Å². The number of halogens is 1. The zero-order valence-corrected chi connectivity index (χ0v) is 13.1. The molecule has 1 aromatic rings. The van der Waals surface area contributed by atoms with Gasteiger partial charge in [-0.15, -0.1) is 6.58 Å². The zero-order valence-electron chi connectivity index (χ0n) is 11.5. The number of benzene rings is 1. The highest BCUT2D eigenvalue weighted by Gasteiger charge is 2.10. The SMILES string of the molecule is C=CCCCC(NCCC)c1ccc(Br)c(C)c1. The van der Waals surface area contributed by atoms with Crippen LogP contribution in [-0.2, 0) is 0 Å². The first-order chi connectivity index (χ1) is 8.69. The van der Waals surface area contributed by atoms with Crippen molar-refractivity contribution in [2.75, 3.05) is 6.54 Å². The lowest BCUT2D eigenvalue weighted by Crippen LogP contribution is -2.22. The molecule has 1 unspecified atom stereocenters. The Morgan fingerprint density at radius 1 is 1.44 bits per heavy atom. The Hall–Kier alpha value is -0.600. The maximum absolute atomic E-state index is 3.79. The molecule has 100 valence electrons. The van der Waals surface area contributed by atoms with Gasteiger partial charge in [0.05, 0.1) is 0 Å². The van der Waals surface area contributed by atoms with Crippen molar-refractivity contribution in [2.24, 2.45) is 0 Å². The molecule has 0 spiro atoms. The summed E-state index contributed by atoms with van der Waals surface area (Å²) in [4.78, 5) is 0. The fourth-order valence-electron chi connectivity index (χ4n) is 2.06. The van der Waals surface area contributed by atoms with Crippen LogP contribution in [0.3, 0.4) is 0 Å². The minimum atomic E-state index is 0.469. The van der Waals surface area contributed by atoms with Crippen LogP contribution in [0.4, 0.5) is 0 Å². The Balaban J connectivity index is 2.72. The van der Waals surface area contributed by atoms with E-state index in [1.807, 2.05) is 6.08 Å². The largest absolute Gasteiger partial charge is 0.310 e. The molecular weight excluding hydrogens is 286 g/mol. The minimum absolute atomic E-state index is 0.469. The predicted molar refractivity (Wildman–Crippen MR) is 84.0 cm³/mol. The molecule has 0 bridgehead atoms. The van der Waals surface area contributed by atoms with E-state index < -0.39 is 0 Å². The van der Waals surface area contributed by atoms with E-state index in [1.54, 1.807) is 0 Å². The summed E-state index contributed by atoms with van der Waals surface area (Å²) >= 11 is 3.56. The third-order valence-corrected chi connectivity index (χ3v) is 4.02. The fourth-order valence-corrected chi connectivity index (χ4v) is 2.30. The number of rotatable bonds is 8. The van der Waals surface area contributed by atoms with Crippen LogP contribution in [0.1, 0.15) is 49.8 Å². The monoisotopic (exact) mass is 309 g/mol. The molecule has 1 atom stereocenters. The van der Waals surface area contributed by atoms with Crippen molar-refractivity contribution in [3.63, 3.8) is 0 Å². The molecule has 0 saturated carbocycles.